The molecular weight excluding hydrogens is 351 g/mol. The Morgan fingerprint density at radius 3 is 2.45 bits per heavy atom. The van der Waals surface area contributed by atoms with Gasteiger partial charge in [0.05, 0.1) is 22.7 Å². The Morgan fingerprint density at radius 1 is 1.09 bits per heavy atom. The molecule has 0 aliphatic heterocycles. The standard InChI is InChI=1S/C15H9Cl3O4/c1-21-13-5-8(7-19)4-12(18)14(13)22-15(20)10-6-9(16)2-3-11(10)17/h2-7H,1H3. The lowest BCUT2D eigenvalue weighted by atomic mass is 10.2. The minimum atomic E-state index is -0.744. The molecule has 0 aliphatic rings. The first kappa shape index (κ1) is 16.6. The van der Waals surface area contributed by atoms with Crippen molar-refractivity contribution in [2.75, 3.05) is 7.11 Å². The van der Waals surface area contributed by atoms with Crippen molar-refractivity contribution in [2.45, 2.75) is 0 Å². The van der Waals surface area contributed by atoms with E-state index < -0.39 is 5.97 Å². The Bertz CT molecular complexity index is 744. The zero-order chi connectivity index (χ0) is 16.3. The van der Waals surface area contributed by atoms with Gasteiger partial charge in [0.25, 0.3) is 0 Å². The molecule has 0 aromatic heterocycles. The number of aldehydes is 1. The van der Waals surface area contributed by atoms with Crippen molar-refractivity contribution >= 4 is 47.1 Å². The van der Waals surface area contributed by atoms with E-state index in [1.165, 1.54) is 31.4 Å². The highest BCUT2D eigenvalue weighted by molar-refractivity contribution is 6.36. The third-order valence-electron chi connectivity index (χ3n) is 2.73. The Kier molecular flexibility index (Phi) is 5.29. The number of hydrogen-bond donors (Lipinski definition) is 0. The SMILES string of the molecule is COc1cc(C=O)cc(Cl)c1OC(=O)c1cc(Cl)ccc1Cl. The minimum absolute atomic E-state index is 0.00388. The number of methoxy groups -OCH3 is 1. The third kappa shape index (κ3) is 3.53. The van der Waals surface area contributed by atoms with Gasteiger partial charge in [0.2, 0.25) is 0 Å². The molecule has 0 bridgehead atoms. The van der Waals surface area contributed by atoms with Crippen LogP contribution in [-0.4, -0.2) is 19.4 Å². The van der Waals surface area contributed by atoms with Crippen LogP contribution in [0.25, 0.3) is 0 Å². The summed E-state index contributed by atoms with van der Waals surface area (Å²) in [5.74, 6) is -0.594. The predicted molar refractivity (Wildman–Crippen MR) is 84.8 cm³/mol. The van der Waals surface area contributed by atoms with Gasteiger partial charge in [0, 0.05) is 10.6 Å². The summed E-state index contributed by atoms with van der Waals surface area (Å²) in [4.78, 5) is 23.0. The van der Waals surface area contributed by atoms with E-state index >= 15 is 0 Å². The van der Waals surface area contributed by atoms with E-state index in [4.69, 9.17) is 44.3 Å². The van der Waals surface area contributed by atoms with E-state index in [0.717, 1.165) is 0 Å². The van der Waals surface area contributed by atoms with Crippen molar-refractivity contribution in [3.63, 3.8) is 0 Å². The first-order chi connectivity index (χ1) is 10.5. The summed E-state index contributed by atoms with van der Waals surface area (Å²) in [5.41, 5.74) is 0.384. The van der Waals surface area contributed by atoms with Crippen LogP contribution in [0.5, 0.6) is 11.5 Å². The summed E-state index contributed by atoms with van der Waals surface area (Å²) in [5, 5.41) is 0.590. The van der Waals surface area contributed by atoms with Gasteiger partial charge < -0.3 is 9.47 Å². The van der Waals surface area contributed by atoms with Crippen molar-refractivity contribution < 1.29 is 19.1 Å². The maximum absolute atomic E-state index is 12.2. The first-order valence-electron chi connectivity index (χ1n) is 5.96. The number of halogens is 3. The third-order valence-corrected chi connectivity index (χ3v) is 3.58. The molecule has 0 saturated heterocycles. The fraction of sp³-hybridized carbons (Fsp3) is 0.0667. The van der Waals surface area contributed by atoms with Crippen LogP contribution < -0.4 is 9.47 Å². The van der Waals surface area contributed by atoms with Crippen molar-refractivity contribution in [1.29, 1.82) is 0 Å². The number of rotatable bonds is 4. The molecule has 4 nitrogen and oxygen atoms in total. The molecule has 0 unspecified atom stereocenters. The van der Waals surface area contributed by atoms with Crippen LogP contribution in [0.4, 0.5) is 0 Å². The number of benzene rings is 2. The quantitative estimate of drug-likeness (QED) is 0.451. The van der Waals surface area contributed by atoms with Crippen molar-refractivity contribution in [2.24, 2.45) is 0 Å². The van der Waals surface area contributed by atoms with E-state index in [2.05, 4.69) is 0 Å². The van der Waals surface area contributed by atoms with Gasteiger partial charge in [-0.2, -0.15) is 0 Å². The molecule has 0 amide bonds. The van der Waals surface area contributed by atoms with Crippen LogP contribution in [0, 0.1) is 0 Å². The Morgan fingerprint density at radius 2 is 1.82 bits per heavy atom. The molecule has 114 valence electrons. The highest BCUT2D eigenvalue weighted by atomic mass is 35.5. The van der Waals surface area contributed by atoms with Crippen LogP contribution >= 0.6 is 34.8 Å². The van der Waals surface area contributed by atoms with Crippen LogP contribution in [0.2, 0.25) is 15.1 Å². The largest absolute Gasteiger partial charge is 0.493 e. The molecular formula is C15H9Cl3O4. The zero-order valence-corrected chi connectivity index (χ0v) is 13.5. The molecule has 22 heavy (non-hydrogen) atoms. The smallest absolute Gasteiger partial charge is 0.345 e. The molecule has 0 saturated carbocycles. The van der Waals surface area contributed by atoms with Gasteiger partial charge in [-0.3, -0.25) is 4.79 Å². The molecule has 7 heteroatoms. The van der Waals surface area contributed by atoms with Crippen LogP contribution in [0.15, 0.2) is 30.3 Å². The second-order valence-electron chi connectivity index (χ2n) is 4.17. The van der Waals surface area contributed by atoms with E-state index in [-0.39, 0.29) is 27.1 Å². The van der Waals surface area contributed by atoms with E-state index in [1.807, 2.05) is 0 Å². The first-order valence-corrected chi connectivity index (χ1v) is 7.09. The number of hydrogen-bond acceptors (Lipinski definition) is 4. The topological polar surface area (TPSA) is 52.6 Å². The van der Waals surface area contributed by atoms with Gasteiger partial charge in [-0.1, -0.05) is 34.8 Å². The lowest BCUT2D eigenvalue weighted by Crippen LogP contribution is -2.10. The van der Waals surface area contributed by atoms with Crippen LogP contribution in [0.3, 0.4) is 0 Å². The molecule has 2 aromatic carbocycles. The predicted octanol–water partition coefficient (Wildman–Crippen LogP) is 4.69. The number of ether oxygens (including phenoxy) is 2. The zero-order valence-electron chi connectivity index (χ0n) is 11.2. The van der Waals surface area contributed by atoms with Gasteiger partial charge >= 0.3 is 5.97 Å². The molecule has 2 rings (SSSR count). The minimum Gasteiger partial charge on any atom is -0.493 e. The summed E-state index contributed by atoms with van der Waals surface area (Å²) in [6, 6.07) is 7.18. The molecule has 0 heterocycles. The molecule has 0 spiro atoms. The van der Waals surface area contributed by atoms with Crippen LogP contribution in [0.1, 0.15) is 20.7 Å². The highest BCUT2D eigenvalue weighted by Gasteiger charge is 2.19. The monoisotopic (exact) mass is 358 g/mol. The molecule has 0 N–H and O–H groups in total. The lowest BCUT2D eigenvalue weighted by molar-refractivity contribution is 0.0730. The summed E-state index contributed by atoms with van der Waals surface area (Å²) in [6.45, 7) is 0. The molecule has 0 atom stereocenters. The van der Waals surface area contributed by atoms with Gasteiger partial charge in [0.1, 0.15) is 6.29 Å². The Labute approximate surface area is 141 Å². The number of carbonyl (C=O) groups is 2. The normalized spacial score (nSPS) is 10.2. The number of carbonyl (C=O) groups excluding carboxylic acids is 2. The van der Waals surface area contributed by atoms with Crippen molar-refractivity contribution in [1.82, 2.24) is 0 Å². The maximum atomic E-state index is 12.2. The van der Waals surface area contributed by atoms with Crippen LogP contribution in [-0.2, 0) is 0 Å². The Balaban J connectivity index is 2.40. The van der Waals surface area contributed by atoms with Gasteiger partial charge in [-0.05, 0) is 30.3 Å². The van der Waals surface area contributed by atoms with Gasteiger partial charge in [-0.25, -0.2) is 4.79 Å². The second kappa shape index (κ2) is 7.01. The average molecular weight is 360 g/mol. The summed E-state index contributed by atoms with van der Waals surface area (Å²) >= 11 is 17.8. The van der Waals surface area contributed by atoms with E-state index in [0.29, 0.717) is 16.9 Å². The highest BCUT2D eigenvalue weighted by Crippen LogP contribution is 2.37. The fourth-order valence-electron chi connectivity index (χ4n) is 1.71. The number of esters is 1. The van der Waals surface area contributed by atoms with Crippen molar-refractivity contribution in [3.05, 3.63) is 56.5 Å². The fourth-order valence-corrected chi connectivity index (χ4v) is 2.33. The Hall–Kier alpha value is -1.75. The second-order valence-corrected chi connectivity index (χ2v) is 5.42. The summed E-state index contributed by atoms with van der Waals surface area (Å²) in [7, 11) is 1.37. The van der Waals surface area contributed by atoms with Gasteiger partial charge in [0.15, 0.2) is 11.5 Å². The molecule has 0 radical (unpaired) electrons. The van der Waals surface area contributed by atoms with Crippen molar-refractivity contribution in [3.8, 4) is 11.5 Å². The van der Waals surface area contributed by atoms with E-state index in [1.54, 1.807) is 6.07 Å². The molecule has 0 fully saturated rings. The maximum Gasteiger partial charge on any atom is 0.345 e. The summed E-state index contributed by atoms with van der Waals surface area (Å²) in [6.07, 6.45) is 0.605. The molecule has 0 aliphatic carbocycles. The lowest BCUT2D eigenvalue weighted by Gasteiger charge is -2.12. The van der Waals surface area contributed by atoms with E-state index in [9.17, 15) is 9.59 Å². The average Bonchev–Trinajstić information content (AvgIpc) is 2.51. The molecule has 2 aromatic rings. The summed E-state index contributed by atoms with van der Waals surface area (Å²) < 4.78 is 10.3. The van der Waals surface area contributed by atoms with Gasteiger partial charge in [-0.15, -0.1) is 0 Å².